The van der Waals surface area contributed by atoms with Crippen LogP contribution in [0, 0.1) is 11.8 Å². The highest BCUT2D eigenvalue weighted by molar-refractivity contribution is 9.09. The SMILES string of the molecule is NC(=O)CCC/C=C\C[C@H]1CCCC1/C=C/C(CCc1ccccc1)OC(=O)CCCCCBr. The maximum atomic E-state index is 12.5. The monoisotopic (exact) mass is 531 g/mol. The summed E-state index contributed by atoms with van der Waals surface area (Å²) in [6.07, 6.45) is 20.9. The molecular weight excluding hydrogens is 490 g/mol. The summed E-state index contributed by atoms with van der Waals surface area (Å²) >= 11 is 3.44. The van der Waals surface area contributed by atoms with Crippen LogP contribution in [0.3, 0.4) is 0 Å². The second-order valence-corrected chi connectivity index (χ2v) is 10.2. The van der Waals surface area contributed by atoms with Gasteiger partial charge in [0.1, 0.15) is 6.10 Å². The van der Waals surface area contributed by atoms with E-state index in [1.54, 1.807) is 0 Å². The number of allylic oxidation sites excluding steroid dienone is 3. The number of halogens is 1. The van der Waals surface area contributed by atoms with Crippen LogP contribution in [-0.4, -0.2) is 23.3 Å². The maximum Gasteiger partial charge on any atom is 0.306 e. The molecule has 0 heterocycles. The van der Waals surface area contributed by atoms with Crippen LogP contribution in [0.2, 0.25) is 0 Å². The maximum absolute atomic E-state index is 12.5. The first-order valence-corrected chi connectivity index (χ1v) is 14.1. The van der Waals surface area contributed by atoms with Crippen LogP contribution >= 0.6 is 15.9 Å². The Balaban J connectivity index is 1.88. The molecule has 3 atom stereocenters. The lowest BCUT2D eigenvalue weighted by Crippen LogP contribution is -2.17. The zero-order valence-electron chi connectivity index (χ0n) is 20.5. The van der Waals surface area contributed by atoms with Gasteiger partial charge in [-0.05, 0) is 81.3 Å². The van der Waals surface area contributed by atoms with Crippen molar-refractivity contribution >= 4 is 27.8 Å². The third kappa shape index (κ3) is 12.5. The number of amides is 1. The van der Waals surface area contributed by atoms with Gasteiger partial charge in [0.2, 0.25) is 5.91 Å². The van der Waals surface area contributed by atoms with Crippen molar-refractivity contribution in [3.63, 3.8) is 0 Å². The van der Waals surface area contributed by atoms with Gasteiger partial charge < -0.3 is 10.5 Å². The molecule has 4 nitrogen and oxygen atoms in total. The van der Waals surface area contributed by atoms with Crippen molar-refractivity contribution in [3.8, 4) is 0 Å². The first kappa shape index (κ1) is 28.4. The summed E-state index contributed by atoms with van der Waals surface area (Å²) in [5, 5.41) is 0.982. The van der Waals surface area contributed by atoms with Crippen LogP contribution in [-0.2, 0) is 20.7 Å². The molecule has 1 aromatic rings. The molecule has 34 heavy (non-hydrogen) atoms. The van der Waals surface area contributed by atoms with Gasteiger partial charge in [0.15, 0.2) is 0 Å². The largest absolute Gasteiger partial charge is 0.458 e. The summed E-state index contributed by atoms with van der Waals surface area (Å²) in [5.74, 6) is 0.862. The highest BCUT2D eigenvalue weighted by atomic mass is 79.9. The lowest BCUT2D eigenvalue weighted by molar-refractivity contribution is -0.147. The van der Waals surface area contributed by atoms with Crippen LogP contribution in [0.5, 0.6) is 0 Å². The second-order valence-electron chi connectivity index (χ2n) is 9.36. The number of unbranched alkanes of at least 4 members (excludes halogenated alkanes) is 3. The Bertz CT molecular complexity index is 762. The van der Waals surface area contributed by atoms with Crippen molar-refractivity contribution < 1.29 is 14.3 Å². The van der Waals surface area contributed by atoms with Crippen LogP contribution in [0.15, 0.2) is 54.6 Å². The van der Waals surface area contributed by atoms with Crippen molar-refractivity contribution in [2.75, 3.05) is 5.33 Å². The van der Waals surface area contributed by atoms with Gasteiger partial charge in [-0.3, -0.25) is 9.59 Å². The Morgan fingerprint density at radius 1 is 1.06 bits per heavy atom. The zero-order valence-corrected chi connectivity index (χ0v) is 22.1. The second kappa shape index (κ2) is 17.5. The van der Waals surface area contributed by atoms with Crippen molar-refractivity contribution in [1.82, 2.24) is 0 Å². The summed E-state index contributed by atoms with van der Waals surface area (Å²) in [6.45, 7) is 0. The summed E-state index contributed by atoms with van der Waals surface area (Å²) in [5.41, 5.74) is 6.47. The van der Waals surface area contributed by atoms with Crippen LogP contribution in [0.4, 0.5) is 0 Å². The van der Waals surface area contributed by atoms with Gasteiger partial charge in [0.25, 0.3) is 0 Å². The first-order valence-electron chi connectivity index (χ1n) is 13.0. The molecule has 0 saturated heterocycles. The molecule has 188 valence electrons. The van der Waals surface area contributed by atoms with E-state index in [1.807, 2.05) is 6.07 Å². The highest BCUT2D eigenvalue weighted by Gasteiger charge is 2.24. The van der Waals surface area contributed by atoms with Gasteiger partial charge in [-0.1, -0.05) is 77.3 Å². The number of esters is 1. The van der Waals surface area contributed by atoms with Crippen LogP contribution in [0.1, 0.15) is 82.6 Å². The Kier molecular flexibility index (Phi) is 14.6. The number of hydrogen-bond acceptors (Lipinski definition) is 3. The zero-order chi connectivity index (χ0) is 24.4. The molecule has 2 N–H and O–H groups in total. The van der Waals surface area contributed by atoms with Gasteiger partial charge in [0, 0.05) is 18.2 Å². The van der Waals surface area contributed by atoms with E-state index < -0.39 is 0 Å². The number of aryl methyl sites for hydroxylation is 1. The predicted octanol–water partition coefficient (Wildman–Crippen LogP) is 7.06. The van der Waals surface area contributed by atoms with E-state index in [1.165, 1.54) is 24.8 Å². The number of benzene rings is 1. The van der Waals surface area contributed by atoms with Crippen molar-refractivity contribution in [3.05, 3.63) is 60.2 Å². The number of carbonyl (C=O) groups is 2. The molecule has 1 saturated carbocycles. The van der Waals surface area contributed by atoms with E-state index in [0.717, 1.165) is 56.7 Å². The Morgan fingerprint density at radius 2 is 1.88 bits per heavy atom. The summed E-state index contributed by atoms with van der Waals surface area (Å²) in [4.78, 5) is 23.3. The minimum atomic E-state index is -0.226. The van der Waals surface area contributed by atoms with E-state index in [0.29, 0.717) is 24.7 Å². The van der Waals surface area contributed by atoms with Crippen LogP contribution in [0.25, 0.3) is 0 Å². The molecule has 2 rings (SSSR count). The predicted molar refractivity (Wildman–Crippen MR) is 144 cm³/mol. The normalized spacial score (nSPS) is 19.1. The molecular formula is C29H42BrNO3. The van der Waals surface area contributed by atoms with E-state index >= 15 is 0 Å². The van der Waals surface area contributed by atoms with Crippen molar-refractivity contribution in [2.24, 2.45) is 17.6 Å². The number of hydrogen-bond donors (Lipinski definition) is 1. The minimum absolute atomic E-state index is 0.0841. The topological polar surface area (TPSA) is 69.4 Å². The third-order valence-electron chi connectivity index (χ3n) is 6.55. The number of carbonyl (C=O) groups excluding carboxylic acids is 2. The molecule has 0 radical (unpaired) electrons. The molecule has 1 aromatic carbocycles. The molecule has 2 unspecified atom stereocenters. The smallest absolute Gasteiger partial charge is 0.306 e. The highest BCUT2D eigenvalue weighted by Crippen LogP contribution is 2.35. The fourth-order valence-corrected chi connectivity index (χ4v) is 4.97. The number of primary amides is 1. The Labute approximate surface area is 214 Å². The molecule has 5 heteroatoms. The molecule has 1 aliphatic rings. The first-order chi connectivity index (χ1) is 16.6. The van der Waals surface area contributed by atoms with E-state index in [-0.39, 0.29) is 18.0 Å². The standard InChI is InChI=1S/C29H42BrNO3/c30-23-10-4-9-18-29(33)34-27(21-19-24-12-5-3-6-13-24)22-20-26-16-11-15-25(26)14-7-1-2-8-17-28(31)32/h1,3,5-7,12-13,20,22,25-27H,2,4,8-11,14-19,21,23H2,(H2,31,32)/b7-1-,22-20+/t25-,26?,27?/m0/s1. The number of ether oxygens (including phenoxy) is 1. The number of rotatable bonds is 17. The number of nitrogens with two attached hydrogens (primary N) is 1. The van der Waals surface area contributed by atoms with E-state index in [4.69, 9.17) is 10.5 Å². The average Bonchev–Trinajstić information content (AvgIpc) is 3.28. The lowest BCUT2D eigenvalue weighted by Gasteiger charge is -2.18. The Morgan fingerprint density at radius 3 is 2.65 bits per heavy atom. The fourth-order valence-electron chi connectivity index (χ4n) is 4.58. The van der Waals surface area contributed by atoms with E-state index in [9.17, 15) is 9.59 Å². The lowest BCUT2D eigenvalue weighted by atomic mass is 9.91. The minimum Gasteiger partial charge on any atom is -0.458 e. The van der Waals surface area contributed by atoms with Gasteiger partial charge >= 0.3 is 5.97 Å². The molecule has 1 aliphatic carbocycles. The van der Waals surface area contributed by atoms with Gasteiger partial charge in [0.05, 0.1) is 0 Å². The molecule has 0 spiro atoms. The molecule has 0 aromatic heterocycles. The summed E-state index contributed by atoms with van der Waals surface area (Å²) in [6, 6.07) is 10.4. The summed E-state index contributed by atoms with van der Waals surface area (Å²) < 4.78 is 5.90. The molecule has 1 fully saturated rings. The summed E-state index contributed by atoms with van der Waals surface area (Å²) in [7, 11) is 0. The average molecular weight is 533 g/mol. The van der Waals surface area contributed by atoms with Crippen molar-refractivity contribution in [2.45, 2.75) is 89.6 Å². The fraction of sp³-hybridized carbons (Fsp3) is 0.586. The quantitative estimate of drug-likeness (QED) is 0.101. The van der Waals surface area contributed by atoms with E-state index in [2.05, 4.69) is 64.5 Å². The molecule has 1 amide bonds. The van der Waals surface area contributed by atoms with Crippen LogP contribution < -0.4 is 5.73 Å². The molecule has 0 aliphatic heterocycles. The third-order valence-corrected chi connectivity index (χ3v) is 7.11. The molecule has 0 bridgehead atoms. The Hall–Kier alpha value is -1.88. The van der Waals surface area contributed by atoms with Gasteiger partial charge in [-0.15, -0.1) is 0 Å². The van der Waals surface area contributed by atoms with Gasteiger partial charge in [-0.2, -0.15) is 0 Å². The van der Waals surface area contributed by atoms with Gasteiger partial charge in [-0.25, -0.2) is 0 Å². The van der Waals surface area contributed by atoms with Crippen molar-refractivity contribution in [1.29, 1.82) is 0 Å². The number of alkyl halides is 1.